The maximum absolute atomic E-state index is 13.7. The van der Waals surface area contributed by atoms with E-state index in [2.05, 4.69) is 4.98 Å². The summed E-state index contributed by atoms with van der Waals surface area (Å²) in [5.41, 5.74) is 3.13. The molecule has 3 heterocycles. The van der Waals surface area contributed by atoms with E-state index >= 15 is 0 Å². The van der Waals surface area contributed by atoms with Crippen molar-refractivity contribution in [2.45, 2.75) is 6.10 Å². The van der Waals surface area contributed by atoms with Crippen molar-refractivity contribution in [2.75, 3.05) is 0 Å². The first-order valence-electron chi connectivity index (χ1n) is 7.73. The minimum absolute atomic E-state index is 0.289. The van der Waals surface area contributed by atoms with E-state index < -0.39 is 6.10 Å². The van der Waals surface area contributed by atoms with Crippen LogP contribution in [0.5, 0.6) is 0 Å². The highest BCUT2D eigenvalue weighted by molar-refractivity contribution is 7.20. The number of nitrogens with zero attached hydrogens (tertiary/aromatic N) is 1. The van der Waals surface area contributed by atoms with Crippen molar-refractivity contribution in [3.05, 3.63) is 88.6 Å². The average Bonchev–Trinajstić information content (AvgIpc) is 3.31. The molecule has 0 spiro atoms. The van der Waals surface area contributed by atoms with Crippen molar-refractivity contribution in [3.63, 3.8) is 0 Å². The summed E-state index contributed by atoms with van der Waals surface area (Å²) in [7, 11) is 0. The topological polar surface area (TPSA) is 33.1 Å². The number of aliphatic hydroxyl groups is 1. The van der Waals surface area contributed by atoms with Gasteiger partial charge in [-0.3, -0.25) is 4.98 Å². The van der Waals surface area contributed by atoms with Gasteiger partial charge in [-0.1, -0.05) is 24.3 Å². The molecule has 0 fully saturated rings. The SMILES string of the molecule is OC(c1cccnc1)c1c(-c2cccc(F)c2)csc1-c1cccs1. The molecule has 0 aliphatic heterocycles. The molecule has 0 amide bonds. The van der Waals surface area contributed by atoms with Crippen LogP contribution in [0.1, 0.15) is 17.2 Å². The lowest BCUT2D eigenvalue weighted by Crippen LogP contribution is -2.02. The molecule has 0 aliphatic rings. The number of halogens is 1. The van der Waals surface area contributed by atoms with Crippen molar-refractivity contribution in [1.29, 1.82) is 0 Å². The van der Waals surface area contributed by atoms with Crippen LogP contribution in [0.25, 0.3) is 20.9 Å². The Labute approximate surface area is 152 Å². The summed E-state index contributed by atoms with van der Waals surface area (Å²) in [5.74, 6) is -0.289. The maximum atomic E-state index is 13.7. The molecule has 0 saturated heterocycles. The fourth-order valence-electron chi connectivity index (χ4n) is 2.82. The van der Waals surface area contributed by atoms with Crippen molar-refractivity contribution in [3.8, 4) is 20.9 Å². The Hall–Kier alpha value is -2.34. The van der Waals surface area contributed by atoms with Crippen molar-refractivity contribution in [1.82, 2.24) is 4.98 Å². The zero-order valence-electron chi connectivity index (χ0n) is 13.1. The summed E-state index contributed by atoms with van der Waals surface area (Å²) in [6.45, 7) is 0. The molecular weight excluding hydrogens is 353 g/mol. The minimum Gasteiger partial charge on any atom is -0.384 e. The van der Waals surface area contributed by atoms with Crippen LogP contribution in [-0.4, -0.2) is 10.1 Å². The van der Waals surface area contributed by atoms with Crippen LogP contribution >= 0.6 is 22.7 Å². The number of pyridine rings is 1. The van der Waals surface area contributed by atoms with Gasteiger partial charge < -0.3 is 5.11 Å². The number of rotatable bonds is 4. The van der Waals surface area contributed by atoms with Gasteiger partial charge in [0.05, 0.1) is 4.88 Å². The Kier molecular flexibility index (Phi) is 4.44. The summed E-state index contributed by atoms with van der Waals surface area (Å²) in [5, 5.41) is 15.0. The van der Waals surface area contributed by atoms with Gasteiger partial charge in [-0.2, -0.15) is 0 Å². The Morgan fingerprint density at radius 1 is 1.04 bits per heavy atom. The van der Waals surface area contributed by atoms with Gasteiger partial charge >= 0.3 is 0 Å². The Bertz CT molecular complexity index is 980. The molecule has 0 radical (unpaired) electrons. The number of benzene rings is 1. The molecule has 1 atom stereocenters. The lowest BCUT2D eigenvalue weighted by atomic mass is 9.95. The second-order valence-corrected chi connectivity index (χ2v) is 7.40. The first-order valence-corrected chi connectivity index (χ1v) is 9.49. The van der Waals surface area contributed by atoms with Crippen molar-refractivity contribution in [2.24, 2.45) is 0 Å². The molecule has 0 bridgehead atoms. The zero-order valence-corrected chi connectivity index (χ0v) is 14.7. The second-order valence-electron chi connectivity index (χ2n) is 5.57. The van der Waals surface area contributed by atoms with Crippen LogP contribution in [0.3, 0.4) is 0 Å². The highest BCUT2D eigenvalue weighted by Crippen LogP contribution is 2.44. The molecule has 3 aromatic heterocycles. The molecule has 1 N–H and O–H groups in total. The van der Waals surface area contributed by atoms with Crippen LogP contribution in [0.15, 0.2) is 71.7 Å². The van der Waals surface area contributed by atoms with Crippen molar-refractivity contribution >= 4 is 22.7 Å². The fourth-order valence-corrected chi connectivity index (χ4v) is 4.82. The highest BCUT2D eigenvalue weighted by Gasteiger charge is 2.23. The molecule has 1 aromatic carbocycles. The van der Waals surface area contributed by atoms with E-state index in [1.54, 1.807) is 47.2 Å². The van der Waals surface area contributed by atoms with E-state index in [4.69, 9.17) is 0 Å². The monoisotopic (exact) mass is 367 g/mol. The van der Waals surface area contributed by atoms with E-state index in [0.29, 0.717) is 0 Å². The maximum Gasteiger partial charge on any atom is 0.123 e. The number of aliphatic hydroxyl groups excluding tert-OH is 1. The van der Waals surface area contributed by atoms with E-state index in [0.717, 1.165) is 32.0 Å². The van der Waals surface area contributed by atoms with Gasteiger partial charge in [0, 0.05) is 28.4 Å². The predicted molar refractivity (Wildman–Crippen MR) is 101 cm³/mol. The van der Waals surface area contributed by atoms with Gasteiger partial charge in [-0.05, 0) is 46.2 Å². The summed E-state index contributed by atoms with van der Waals surface area (Å²) in [6, 6.07) is 14.1. The minimum atomic E-state index is -0.824. The van der Waals surface area contributed by atoms with Crippen LogP contribution in [0.4, 0.5) is 4.39 Å². The van der Waals surface area contributed by atoms with E-state index in [1.807, 2.05) is 35.0 Å². The van der Waals surface area contributed by atoms with E-state index in [1.165, 1.54) is 12.1 Å². The lowest BCUT2D eigenvalue weighted by Gasteiger charge is -2.15. The Morgan fingerprint density at radius 2 is 1.96 bits per heavy atom. The zero-order chi connectivity index (χ0) is 17.2. The molecule has 5 heteroatoms. The van der Waals surface area contributed by atoms with Gasteiger partial charge in [0.2, 0.25) is 0 Å². The third-order valence-electron chi connectivity index (χ3n) is 3.98. The predicted octanol–water partition coefficient (Wildman–Crippen LogP) is 5.76. The standard InChI is InChI=1S/C20H14FNOS2/c21-15-6-1-4-13(10-15)16-12-25-20(17-7-3-9-24-17)18(16)19(23)14-5-2-8-22-11-14/h1-12,19,23H. The molecule has 124 valence electrons. The third-order valence-corrected chi connectivity index (χ3v) is 6.03. The molecule has 4 rings (SSSR count). The fraction of sp³-hybridized carbons (Fsp3) is 0.0500. The first kappa shape index (κ1) is 16.1. The molecule has 0 aliphatic carbocycles. The quantitative estimate of drug-likeness (QED) is 0.497. The molecule has 1 unspecified atom stereocenters. The number of hydrogen-bond acceptors (Lipinski definition) is 4. The Morgan fingerprint density at radius 3 is 2.68 bits per heavy atom. The molecule has 2 nitrogen and oxygen atoms in total. The van der Waals surface area contributed by atoms with Crippen LogP contribution < -0.4 is 0 Å². The van der Waals surface area contributed by atoms with E-state index in [-0.39, 0.29) is 5.82 Å². The van der Waals surface area contributed by atoms with Gasteiger partial charge in [0.25, 0.3) is 0 Å². The van der Waals surface area contributed by atoms with Gasteiger partial charge in [0.1, 0.15) is 11.9 Å². The van der Waals surface area contributed by atoms with Crippen molar-refractivity contribution < 1.29 is 9.50 Å². The number of hydrogen-bond donors (Lipinski definition) is 1. The second kappa shape index (κ2) is 6.88. The molecule has 0 saturated carbocycles. The van der Waals surface area contributed by atoms with Gasteiger partial charge in [-0.25, -0.2) is 4.39 Å². The number of aromatic nitrogens is 1. The largest absolute Gasteiger partial charge is 0.384 e. The lowest BCUT2D eigenvalue weighted by molar-refractivity contribution is 0.221. The van der Waals surface area contributed by atoms with E-state index in [9.17, 15) is 9.50 Å². The third kappa shape index (κ3) is 3.14. The molecule has 4 aromatic rings. The molecule has 25 heavy (non-hydrogen) atoms. The van der Waals surface area contributed by atoms with Crippen LogP contribution in [0, 0.1) is 5.82 Å². The summed E-state index contributed by atoms with van der Waals surface area (Å²) < 4.78 is 13.7. The summed E-state index contributed by atoms with van der Waals surface area (Å²) >= 11 is 3.19. The highest BCUT2D eigenvalue weighted by atomic mass is 32.1. The van der Waals surface area contributed by atoms with Crippen LogP contribution in [0.2, 0.25) is 0 Å². The summed E-state index contributed by atoms with van der Waals surface area (Å²) in [6.07, 6.45) is 2.52. The smallest absolute Gasteiger partial charge is 0.123 e. The normalized spacial score (nSPS) is 12.2. The molecular formula is C20H14FNOS2. The average molecular weight is 367 g/mol. The first-order chi connectivity index (χ1) is 12.2. The Balaban J connectivity index is 1.91. The van der Waals surface area contributed by atoms with Gasteiger partial charge in [0.15, 0.2) is 0 Å². The number of thiophene rings is 2. The van der Waals surface area contributed by atoms with Crippen LogP contribution in [-0.2, 0) is 0 Å². The van der Waals surface area contributed by atoms with Gasteiger partial charge in [-0.15, -0.1) is 22.7 Å². The summed E-state index contributed by atoms with van der Waals surface area (Å²) in [4.78, 5) is 6.20.